The molecular formula is C23H33N3O3. The van der Waals surface area contributed by atoms with Crippen molar-refractivity contribution in [3.8, 4) is 0 Å². The van der Waals surface area contributed by atoms with Gasteiger partial charge in [0.05, 0.1) is 18.3 Å². The average molecular weight is 400 g/mol. The molecule has 2 aromatic carbocycles. The van der Waals surface area contributed by atoms with Crippen LogP contribution in [0.1, 0.15) is 26.3 Å². The smallest absolute Gasteiger partial charge is 0.317 e. The first-order valence-electron chi connectivity index (χ1n) is 10.4. The van der Waals surface area contributed by atoms with Gasteiger partial charge in [0.15, 0.2) is 0 Å². The van der Waals surface area contributed by atoms with Crippen LogP contribution in [0.3, 0.4) is 0 Å². The molecule has 0 aromatic heterocycles. The lowest BCUT2D eigenvalue weighted by Gasteiger charge is -2.35. The van der Waals surface area contributed by atoms with Gasteiger partial charge in [-0.25, -0.2) is 4.79 Å². The van der Waals surface area contributed by atoms with Crippen LogP contribution in [-0.4, -0.2) is 72.0 Å². The van der Waals surface area contributed by atoms with Gasteiger partial charge in [-0.2, -0.15) is 0 Å². The third kappa shape index (κ3) is 6.42. The maximum atomic E-state index is 12.6. The van der Waals surface area contributed by atoms with Gasteiger partial charge in [-0.1, -0.05) is 42.5 Å². The number of fused-ring (bicyclic) bond motifs is 1. The number of aliphatic hydroxyl groups excluding tert-OH is 1. The average Bonchev–Trinajstić information content (AvgIpc) is 2.70. The number of carbonyl (C=O) groups excluding carboxylic acids is 1. The Hall–Kier alpha value is -2.15. The van der Waals surface area contributed by atoms with Gasteiger partial charge in [-0.15, -0.1) is 0 Å². The van der Waals surface area contributed by atoms with E-state index in [0.29, 0.717) is 32.8 Å². The van der Waals surface area contributed by atoms with Crippen LogP contribution in [0.25, 0.3) is 10.8 Å². The predicted molar refractivity (Wildman–Crippen MR) is 116 cm³/mol. The molecule has 6 heteroatoms. The molecule has 0 spiro atoms. The number of ether oxygens (including phenoxy) is 1. The van der Waals surface area contributed by atoms with Crippen molar-refractivity contribution in [2.45, 2.75) is 39.0 Å². The molecule has 2 N–H and O–H groups in total. The number of β-amino-alcohol motifs (C(OH)–C–C–N with tert-alkyl or cyclic N) is 1. The van der Waals surface area contributed by atoms with Gasteiger partial charge in [0.2, 0.25) is 0 Å². The minimum atomic E-state index is -0.513. The van der Waals surface area contributed by atoms with E-state index in [1.54, 1.807) is 0 Å². The summed E-state index contributed by atoms with van der Waals surface area (Å²) in [4.78, 5) is 16.6. The highest BCUT2D eigenvalue weighted by molar-refractivity contribution is 5.86. The molecule has 6 nitrogen and oxygen atoms in total. The van der Waals surface area contributed by atoms with Gasteiger partial charge in [0.1, 0.15) is 0 Å². The van der Waals surface area contributed by atoms with E-state index in [0.717, 1.165) is 18.7 Å². The van der Waals surface area contributed by atoms with Crippen LogP contribution in [0.2, 0.25) is 0 Å². The van der Waals surface area contributed by atoms with E-state index in [1.165, 1.54) is 10.8 Å². The summed E-state index contributed by atoms with van der Waals surface area (Å²) in [6.07, 6.45) is -0.513. The molecule has 1 aliphatic rings. The predicted octanol–water partition coefficient (Wildman–Crippen LogP) is 2.84. The summed E-state index contributed by atoms with van der Waals surface area (Å²) in [7, 11) is 0. The second kappa shape index (κ2) is 9.57. The van der Waals surface area contributed by atoms with Gasteiger partial charge in [0, 0.05) is 39.3 Å². The molecule has 0 radical (unpaired) electrons. The van der Waals surface area contributed by atoms with E-state index >= 15 is 0 Å². The number of carbonyl (C=O) groups is 1. The number of nitrogens with zero attached hydrogens (tertiary/aromatic N) is 2. The van der Waals surface area contributed by atoms with E-state index in [1.807, 2.05) is 43.9 Å². The standard InChI is InChI=1S/C23H33N3O3/c1-23(2,3)29-17-20(27)16-25-11-13-26(14-12-25)22(28)24-15-19-9-6-8-18-7-4-5-10-21(18)19/h4-10,20,27H,11-17H2,1-3H3,(H,24,28). The van der Waals surface area contributed by atoms with Crippen molar-refractivity contribution in [3.63, 3.8) is 0 Å². The van der Waals surface area contributed by atoms with E-state index < -0.39 is 6.10 Å². The molecule has 1 atom stereocenters. The lowest BCUT2D eigenvalue weighted by atomic mass is 10.0. The first-order chi connectivity index (χ1) is 13.8. The third-order valence-corrected chi connectivity index (χ3v) is 5.15. The summed E-state index contributed by atoms with van der Waals surface area (Å²) in [6.45, 7) is 10.2. The minimum Gasteiger partial charge on any atom is -0.389 e. The molecule has 1 aliphatic heterocycles. The zero-order valence-corrected chi connectivity index (χ0v) is 17.7. The Morgan fingerprint density at radius 2 is 1.79 bits per heavy atom. The largest absolute Gasteiger partial charge is 0.389 e. The second-order valence-electron chi connectivity index (χ2n) is 8.66. The summed E-state index contributed by atoms with van der Waals surface area (Å²) in [5.74, 6) is 0. The quantitative estimate of drug-likeness (QED) is 0.784. The molecule has 3 rings (SSSR count). The normalized spacial score (nSPS) is 16.8. The van der Waals surface area contributed by atoms with Crippen LogP contribution in [0.5, 0.6) is 0 Å². The number of urea groups is 1. The summed E-state index contributed by atoms with van der Waals surface area (Å²) < 4.78 is 5.65. The van der Waals surface area contributed by atoms with Crippen molar-refractivity contribution in [1.82, 2.24) is 15.1 Å². The topological polar surface area (TPSA) is 65.0 Å². The van der Waals surface area contributed by atoms with Crippen LogP contribution in [-0.2, 0) is 11.3 Å². The van der Waals surface area contributed by atoms with Gasteiger partial charge < -0.3 is 20.1 Å². The zero-order valence-electron chi connectivity index (χ0n) is 17.7. The van der Waals surface area contributed by atoms with E-state index in [9.17, 15) is 9.90 Å². The van der Waals surface area contributed by atoms with Gasteiger partial charge in [-0.3, -0.25) is 4.90 Å². The number of aliphatic hydroxyl groups is 1. The lowest BCUT2D eigenvalue weighted by Crippen LogP contribution is -2.53. The van der Waals surface area contributed by atoms with Crippen LogP contribution in [0, 0.1) is 0 Å². The fraction of sp³-hybridized carbons (Fsp3) is 0.522. The van der Waals surface area contributed by atoms with Crippen molar-refractivity contribution in [3.05, 3.63) is 48.0 Å². The SMILES string of the molecule is CC(C)(C)OCC(O)CN1CCN(C(=O)NCc2cccc3ccccc23)CC1. The molecule has 0 aliphatic carbocycles. The first-order valence-corrected chi connectivity index (χ1v) is 10.4. The number of benzene rings is 2. The molecule has 1 saturated heterocycles. The number of piperazine rings is 1. The summed E-state index contributed by atoms with van der Waals surface area (Å²) in [5, 5.41) is 15.6. The van der Waals surface area contributed by atoms with Gasteiger partial charge in [-0.05, 0) is 37.1 Å². The van der Waals surface area contributed by atoms with Crippen LogP contribution in [0.4, 0.5) is 4.79 Å². The Kier molecular flexibility index (Phi) is 7.11. The van der Waals surface area contributed by atoms with Crippen LogP contribution < -0.4 is 5.32 Å². The van der Waals surface area contributed by atoms with Gasteiger partial charge in [0.25, 0.3) is 0 Å². The van der Waals surface area contributed by atoms with Crippen LogP contribution in [0.15, 0.2) is 42.5 Å². The number of nitrogens with one attached hydrogen (secondary N) is 1. The van der Waals surface area contributed by atoms with Gasteiger partial charge >= 0.3 is 6.03 Å². The molecule has 0 saturated carbocycles. The molecule has 0 bridgehead atoms. The Bertz CT molecular complexity index is 805. The Labute approximate surface area is 173 Å². The Morgan fingerprint density at radius 3 is 2.52 bits per heavy atom. The molecule has 158 valence electrons. The van der Waals surface area contributed by atoms with Crippen LogP contribution >= 0.6 is 0 Å². The highest BCUT2D eigenvalue weighted by Crippen LogP contribution is 2.18. The molecule has 29 heavy (non-hydrogen) atoms. The maximum Gasteiger partial charge on any atom is 0.317 e. The number of hydrogen-bond acceptors (Lipinski definition) is 4. The highest BCUT2D eigenvalue weighted by atomic mass is 16.5. The van der Waals surface area contributed by atoms with Crippen molar-refractivity contribution >= 4 is 16.8 Å². The van der Waals surface area contributed by atoms with E-state index in [2.05, 4.69) is 34.5 Å². The zero-order chi connectivity index (χ0) is 20.9. The number of amides is 2. The molecule has 2 aromatic rings. The first kappa shape index (κ1) is 21.6. The number of hydrogen-bond donors (Lipinski definition) is 2. The lowest BCUT2D eigenvalue weighted by molar-refractivity contribution is -0.0579. The molecule has 1 unspecified atom stereocenters. The minimum absolute atomic E-state index is 0.0331. The second-order valence-corrected chi connectivity index (χ2v) is 8.66. The molecule has 1 fully saturated rings. The summed E-state index contributed by atoms with van der Waals surface area (Å²) in [5.41, 5.74) is 0.874. The van der Waals surface area contributed by atoms with Crippen molar-refractivity contribution in [2.75, 3.05) is 39.3 Å². The molecule has 2 amide bonds. The molecular weight excluding hydrogens is 366 g/mol. The fourth-order valence-electron chi connectivity index (χ4n) is 3.56. The van der Waals surface area contributed by atoms with Crippen molar-refractivity contribution < 1.29 is 14.6 Å². The molecule has 1 heterocycles. The van der Waals surface area contributed by atoms with E-state index in [4.69, 9.17) is 4.74 Å². The summed E-state index contributed by atoms with van der Waals surface area (Å²) >= 11 is 0. The number of rotatable bonds is 6. The van der Waals surface area contributed by atoms with Crippen molar-refractivity contribution in [2.24, 2.45) is 0 Å². The van der Waals surface area contributed by atoms with E-state index in [-0.39, 0.29) is 11.6 Å². The monoisotopic (exact) mass is 399 g/mol. The highest BCUT2D eigenvalue weighted by Gasteiger charge is 2.23. The fourth-order valence-corrected chi connectivity index (χ4v) is 3.56. The maximum absolute atomic E-state index is 12.6. The Morgan fingerprint density at radius 1 is 1.10 bits per heavy atom. The van der Waals surface area contributed by atoms with Crippen molar-refractivity contribution in [1.29, 1.82) is 0 Å². The summed E-state index contributed by atoms with van der Waals surface area (Å²) in [6, 6.07) is 14.4. The Balaban J connectivity index is 1.43. The third-order valence-electron chi connectivity index (χ3n) is 5.15.